The summed E-state index contributed by atoms with van der Waals surface area (Å²) in [5.41, 5.74) is 4.33. The van der Waals surface area contributed by atoms with Crippen molar-refractivity contribution in [1.29, 1.82) is 0 Å². The SMILES string of the molecule is Cc1ncsc1CCC(=O)NC1CCCN(CCCc2ccccc2)C1. The summed E-state index contributed by atoms with van der Waals surface area (Å²) in [6.45, 7) is 5.26. The van der Waals surface area contributed by atoms with Gasteiger partial charge in [0, 0.05) is 23.9 Å². The maximum atomic E-state index is 12.3. The van der Waals surface area contributed by atoms with Crippen molar-refractivity contribution in [2.45, 2.75) is 51.5 Å². The average molecular weight is 372 g/mol. The molecule has 1 amide bonds. The second kappa shape index (κ2) is 9.83. The van der Waals surface area contributed by atoms with Crippen LogP contribution in [0.15, 0.2) is 35.8 Å². The van der Waals surface area contributed by atoms with E-state index in [2.05, 4.69) is 45.5 Å². The van der Waals surface area contributed by atoms with E-state index >= 15 is 0 Å². The zero-order valence-corrected chi connectivity index (χ0v) is 16.4. The standard InChI is InChI=1S/C21H29N3OS/c1-17-20(26-16-22-17)11-12-21(25)23-19-10-6-14-24(15-19)13-5-9-18-7-3-2-4-8-18/h2-4,7-8,16,19H,5-6,9-15H2,1H3,(H,23,25). The minimum absolute atomic E-state index is 0.175. The van der Waals surface area contributed by atoms with Crippen LogP contribution in [0.2, 0.25) is 0 Å². The third-order valence-electron chi connectivity index (χ3n) is 5.08. The number of nitrogens with zero attached hydrogens (tertiary/aromatic N) is 2. The van der Waals surface area contributed by atoms with Gasteiger partial charge in [0.15, 0.2) is 0 Å². The molecule has 2 aromatic rings. The molecule has 26 heavy (non-hydrogen) atoms. The van der Waals surface area contributed by atoms with Gasteiger partial charge in [0.1, 0.15) is 0 Å². The molecule has 0 bridgehead atoms. The Morgan fingerprint density at radius 3 is 2.92 bits per heavy atom. The van der Waals surface area contributed by atoms with Crippen LogP contribution in [0.25, 0.3) is 0 Å². The van der Waals surface area contributed by atoms with Gasteiger partial charge in [0.2, 0.25) is 5.91 Å². The Kier molecular flexibility index (Phi) is 7.21. The smallest absolute Gasteiger partial charge is 0.220 e. The highest BCUT2D eigenvalue weighted by atomic mass is 32.1. The van der Waals surface area contributed by atoms with Crippen LogP contribution in [-0.2, 0) is 17.6 Å². The van der Waals surface area contributed by atoms with Crippen molar-refractivity contribution in [3.63, 3.8) is 0 Å². The molecule has 1 saturated heterocycles. The summed E-state index contributed by atoms with van der Waals surface area (Å²) in [5, 5.41) is 3.24. The van der Waals surface area contributed by atoms with Gasteiger partial charge in [-0.25, -0.2) is 4.98 Å². The van der Waals surface area contributed by atoms with E-state index in [1.54, 1.807) is 11.3 Å². The summed E-state index contributed by atoms with van der Waals surface area (Å²) < 4.78 is 0. The molecule has 0 saturated carbocycles. The monoisotopic (exact) mass is 371 g/mol. The molecule has 4 nitrogen and oxygen atoms in total. The zero-order valence-electron chi connectivity index (χ0n) is 15.6. The van der Waals surface area contributed by atoms with Gasteiger partial charge in [0.25, 0.3) is 0 Å². The summed E-state index contributed by atoms with van der Waals surface area (Å²) in [4.78, 5) is 20.3. The Labute approximate surface area is 160 Å². The van der Waals surface area contributed by atoms with Gasteiger partial charge in [-0.15, -0.1) is 11.3 Å². The van der Waals surface area contributed by atoms with Gasteiger partial charge in [-0.1, -0.05) is 30.3 Å². The van der Waals surface area contributed by atoms with Crippen LogP contribution in [0, 0.1) is 6.92 Å². The van der Waals surface area contributed by atoms with E-state index in [-0.39, 0.29) is 5.91 Å². The van der Waals surface area contributed by atoms with Gasteiger partial charge in [-0.2, -0.15) is 0 Å². The van der Waals surface area contributed by atoms with Gasteiger partial charge in [-0.3, -0.25) is 4.79 Å². The summed E-state index contributed by atoms with van der Waals surface area (Å²) >= 11 is 1.65. The van der Waals surface area contributed by atoms with E-state index in [0.717, 1.165) is 44.6 Å². The van der Waals surface area contributed by atoms with Crippen molar-refractivity contribution in [1.82, 2.24) is 15.2 Å². The van der Waals surface area contributed by atoms with Crippen molar-refractivity contribution >= 4 is 17.2 Å². The molecule has 1 aliphatic heterocycles. The lowest BCUT2D eigenvalue weighted by atomic mass is 10.0. The molecule has 140 valence electrons. The number of hydrogen-bond acceptors (Lipinski definition) is 4. The van der Waals surface area contributed by atoms with Gasteiger partial charge in [0.05, 0.1) is 11.2 Å². The summed E-state index contributed by atoms with van der Waals surface area (Å²) in [6.07, 6.45) is 5.94. The molecule has 2 heterocycles. The minimum atomic E-state index is 0.175. The van der Waals surface area contributed by atoms with Crippen LogP contribution in [-0.4, -0.2) is 41.5 Å². The molecule has 1 aliphatic rings. The fourth-order valence-electron chi connectivity index (χ4n) is 3.62. The topological polar surface area (TPSA) is 45.2 Å². The Morgan fingerprint density at radius 1 is 1.31 bits per heavy atom. The number of carbonyl (C=O) groups excluding carboxylic acids is 1. The normalized spacial score (nSPS) is 18.0. The average Bonchev–Trinajstić information content (AvgIpc) is 3.06. The van der Waals surface area contributed by atoms with Crippen LogP contribution in [0.1, 0.15) is 41.8 Å². The van der Waals surface area contributed by atoms with Crippen molar-refractivity contribution < 1.29 is 4.79 Å². The van der Waals surface area contributed by atoms with Crippen LogP contribution < -0.4 is 5.32 Å². The maximum Gasteiger partial charge on any atom is 0.220 e. The number of likely N-dealkylation sites (tertiary alicyclic amines) is 1. The number of aryl methyl sites for hydroxylation is 3. The third-order valence-corrected chi connectivity index (χ3v) is 6.07. The van der Waals surface area contributed by atoms with E-state index in [4.69, 9.17) is 0 Å². The first-order valence-electron chi connectivity index (χ1n) is 9.65. The van der Waals surface area contributed by atoms with E-state index in [0.29, 0.717) is 12.5 Å². The number of carbonyl (C=O) groups is 1. The van der Waals surface area contributed by atoms with Gasteiger partial charge in [-0.05, 0) is 57.7 Å². The first kappa shape index (κ1) is 19.1. The molecule has 3 rings (SSSR count). The molecule has 1 aromatic heterocycles. The Bertz CT molecular complexity index is 686. The fraction of sp³-hybridized carbons (Fsp3) is 0.524. The molecule has 0 aliphatic carbocycles. The summed E-state index contributed by atoms with van der Waals surface area (Å²) in [6, 6.07) is 11.0. The number of amides is 1. The number of hydrogen-bond donors (Lipinski definition) is 1. The number of nitrogens with one attached hydrogen (secondary N) is 1. The first-order chi connectivity index (χ1) is 12.7. The lowest BCUT2D eigenvalue weighted by Gasteiger charge is -2.33. The maximum absolute atomic E-state index is 12.3. The van der Waals surface area contributed by atoms with Crippen molar-refractivity contribution in [2.75, 3.05) is 19.6 Å². The highest BCUT2D eigenvalue weighted by Gasteiger charge is 2.21. The number of piperidine rings is 1. The molecule has 1 atom stereocenters. The van der Waals surface area contributed by atoms with E-state index < -0.39 is 0 Å². The van der Waals surface area contributed by atoms with Crippen LogP contribution in [0.4, 0.5) is 0 Å². The van der Waals surface area contributed by atoms with Gasteiger partial charge >= 0.3 is 0 Å². The number of aromatic nitrogens is 1. The molecular formula is C21H29N3OS. The summed E-state index contributed by atoms with van der Waals surface area (Å²) in [7, 11) is 0. The minimum Gasteiger partial charge on any atom is -0.352 e. The summed E-state index contributed by atoms with van der Waals surface area (Å²) in [5.74, 6) is 0.175. The number of rotatable bonds is 8. The molecule has 1 fully saturated rings. The predicted octanol–water partition coefficient (Wildman–Crippen LogP) is 3.60. The van der Waals surface area contributed by atoms with Crippen LogP contribution in [0.3, 0.4) is 0 Å². The van der Waals surface area contributed by atoms with E-state index in [9.17, 15) is 4.79 Å². The van der Waals surface area contributed by atoms with Crippen molar-refractivity contribution in [3.8, 4) is 0 Å². The van der Waals surface area contributed by atoms with E-state index in [1.807, 2.05) is 12.4 Å². The fourth-order valence-corrected chi connectivity index (χ4v) is 4.40. The van der Waals surface area contributed by atoms with Crippen LogP contribution in [0.5, 0.6) is 0 Å². The highest BCUT2D eigenvalue weighted by molar-refractivity contribution is 7.09. The van der Waals surface area contributed by atoms with Gasteiger partial charge < -0.3 is 10.2 Å². The molecule has 1 unspecified atom stereocenters. The van der Waals surface area contributed by atoms with Crippen LogP contribution >= 0.6 is 11.3 Å². The number of thiazole rings is 1. The Balaban J connectivity index is 1.36. The lowest BCUT2D eigenvalue weighted by Crippen LogP contribution is -2.48. The molecule has 0 spiro atoms. The molecular weight excluding hydrogens is 342 g/mol. The van der Waals surface area contributed by atoms with Crippen molar-refractivity contribution in [2.24, 2.45) is 0 Å². The molecule has 1 N–H and O–H groups in total. The van der Waals surface area contributed by atoms with Crippen molar-refractivity contribution in [3.05, 3.63) is 52.0 Å². The predicted molar refractivity (Wildman–Crippen MR) is 108 cm³/mol. The lowest BCUT2D eigenvalue weighted by molar-refractivity contribution is -0.122. The Morgan fingerprint density at radius 2 is 2.15 bits per heavy atom. The second-order valence-electron chi connectivity index (χ2n) is 7.16. The highest BCUT2D eigenvalue weighted by Crippen LogP contribution is 2.15. The number of benzene rings is 1. The molecule has 1 aromatic carbocycles. The third kappa shape index (κ3) is 5.92. The quantitative estimate of drug-likeness (QED) is 0.771. The zero-order chi connectivity index (χ0) is 18.2. The van der Waals surface area contributed by atoms with E-state index in [1.165, 1.54) is 23.3 Å². The molecule has 5 heteroatoms. The Hall–Kier alpha value is -1.72. The first-order valence-corrected chi connectivity index (χ1v) is 10.5. The largest absolute Gasteiger partial charge is 0.352 e. The second-order valence-corrected chi connectivity index (χ2v) is 8.10. The molecule has 0 radical (unpaired) electrons.